The smallest absolute Gasteiger partial charge is 0.169 e. The number of nitrogens with zero attached hydrogens (tertiary/aromatic N) is 2. The van der Waals surface area contributed by atoms with Crippen LogP contribution in [0.2, 0.25) is 0 Å². The lowest BCUT2D eigenvalue weighted by molar-refractivity contribution is -0.697. The summed E-state index contributed by atoms with van der Waals surface area (Å²) in [5.41, 5.74) is 2.47. The molecule has 112 valence electrons. The fraction of sp³-hybridized carbons (Fsp3) is 0.444. The molecule has 0 atom stereocenters. The van der Waals surface area contributed by atoms with Crippen molar-refractivity contribution in [2.45, 2.75) is 45.1 Å². The van der Waals surface area contributed by atoms with Crippen LogP contribution in [-0.4, -0.2) is 10.7 Å². The van der Waals surface area contributed by atoms with E-state index in [0.717, 1.165) is 12.3 Å². The topological polar surface area (TPSA) is 16.8 Å². The van der Waals surface area contributed by atoms with E-state index in [2.05, 4.69) is 46.7 Å². The van der Waals surface area contributed by atoms with Gasteiger partial charge in [0.05, 0.1) is 0 Å². The quantitative estimate of drug-likeness (QED) is 0.415. The zero-order chi connectivity index (χ0) is 14.8. The molecule has 3 heteroatoms. The van der Waals surface area contributed by atoms with Crippen molar-refractivity contribution in [1.82, 2.24) is 4.98 Å². The van der Waals surface area contributed by atoms with Crippen LogP contribution < -0.4 is 4.57 Å². The number of pyridine rings is 2. The summed E-state index contributed by atoms with van der Waals surface area (Å²) in [6.07, 6.45) is 15.9. The lowest BCUT2D eigenvalue weighted by Gasteiger charge is -2.01. The second-order valence-electron chi connectivity index (χ2n) is 5.41. The van der Waals surface area contributed by atoms with Crippen molar-refractivity contribution >= 4 is 12.6 Å². The van der Waals surface area contributed by atoms with Gasteiger partial charge in [0.25, 0.3) is 0 Å². The molecule has 0 fully saturated rings. The Hall–Kier alpha value is -1.35. The van der Waals surface area contributed by atoms with Gasteiger partial charge >= 0.3 is 0 Å². The van der Waals surface area contributed by atoms with Crippen molar-refractivity contribution in [1.29, 1.82) is 0 Å². The Morgan fingerprint density at radius 1 is 0.762 bits per heavy atom. The molecule has 0 aliphatic carbocycles. The lowest BCUT2D eigenvalue weighted by atomic mass is 10.1. The fourth-order valence-corrected chi connectivity index (χ4v) is 2.68. The summed E-state index contributed by atoms with van der Waals surface area (Å²) in [7, 11) is 0. The molecule has 0 unspecified atom stereocenters. The average molecular weight is 301 g/mol. The van der Waals surface area contributed by atoms with Gasteiger partial charge in [-0.2, -0.15) is 12.6 Å². The van der Waals surface area contributed by atoms with Crippen molar-refractivity contribution < 1.29 is 4.57 Å². The Balaban J connectivity index is 1.71. The summed E-state index contributed by atoms with van der Waals surface area (Å²) >= 11 is 4.24. The van der Waals surface area contributed by atoms with Crippen molar-refractivity contribution in [2.24, 2.45) is 0 Å². The Kier molecular flexibility index (Phi) is 7.30. The predicted molar refractivity (Wildman–Crippen MR) is 91.4 cm³/mol. The summed E-state index contributed by atoms with van der Waals surface area (Å²) in [6, 6.07) is 8.46. The Morgan fingerprint density at radius 3 is 2.00 bits per heavy atom. The maximum Gasteiger partial charge on any atom is 0.169 e. The SMILES string of the molecule is SCCCCCCCC[n+]1ccc(-c2ccncc2)cc1. The molecule has 2 rings (SSSR count). The summed E-state index contributed by atoms with van der Waals surface area (Å²) in [5.74, 6) is 1.03. The molecule has 0 saturated heterocycles. The van der Waals surface area contributed by atoms with Gasteiger partial charge in [0.2, 0.25) is 0 Å². The van der Waals surface area contributed by atoms with E-state index in [1.807, 2.05) is 24.5 Å². The number of aromatic nitrogens is 2. The van der Waals surface area contributed by atoms with E-state index in [-0.39, 0.29) is 0 Å². The van der Waals surface area contributed by atoms with Crippen molar-refractivity contribution in [3.63, 3.8) is 0 Å². The summed E-state index contributed by atoms with van der Waals surface area (Å²) in [5, 5.41) is 0. The maximum absolute atomic E-state index is 4.24. The molecule has 21 heavy (non-hydrogen) atoms. The van der Waals surface area contributed by atoms with Crippen LogP contribution in [0.4, 0.5) is 0 Å². The molecule has 2 heterocycles. The first-order valence-electron chi connectivity index (χ1n) is 7.90. The molecule has 0 saturated carbocycles. The van der Waals surface area contributed by atoms with E-state index in [0.29, 0.717) is 0 Å². The van der Waals surface area contributed by atoms with Gasteiger partial charge in [-0.25, -0.2) is 4.57 Å². The third-order valence-corrected chi connectivity index (χ3v) is 4.05. The molecular weight excluding hydrogens is 276 g/mol. The van der Waals surface area contributed by atoms with Crippen molar-refractivity contribution in [3.8, 4) is 11.1 Å². The fourth-order valence-electron chi connectivity index (χ4n) is 2.46. The molecule has 0 aromatic carbocycles. The van der Waals surface area contributed by atoms with Crippen LogP contribution in [0.5, 0.6) is 0 Å². The summed E-state index contributed by atoms with van der Waals surface area (Å²) < 4.78 is 2.28. The molecule has 0 spiro atoms. The molecule has 0 amide bonds. The number of unbranched alkanes of at least 4 members (excludes halogenated alkanes) is 5. The van der Waals surface area contributed by atoms with Crippen LogP contribution in [0, 0.1) is 0 Å². The zero-order valence-electron chi connectivity index (χ0n) is 12.6. The molecule has 2 aromatic rings. The first kappa shape index (κ1) is 16.0. The van der Waals surface area contributed by atoms with E-state index in [1.165, 1.54) is 49.7 Å². The number of thiol groups is 1. The van der Waals surface area contributed by atoms with Crippen LogP contribution >= 0.6 is 12.6 Å². The predicted octanol–water partition coefficient (Wildman–Crippen LogP) is 4.31. The first-order chi connectivity index (χ1) is 10.4. The molecule has 0 bridgehead atoms. The minimum atomic E-state index is 1.03. The highest BCUT2D eigenvalue weighted by atomic mass is 32.1. The summed E-state index contributed by atoms with van der Waals surface area (Å²) in [6.45, 7) is 1.11. The number of hydrogen-bond donors (Lipinski definition) is 1. The van der Waals surface area contributed by atoms with Gasteiger partial charge in [-0.3, -0.25) is 4.98 Å². The largest absolute Gasteiger partial charge is 0.265 e. The molecule has 0 N–H and O–H groups in total. The number of rotatable bonds is 9. The lowest BCUT2D eigenvalue weighted by Crippen LogP contribution is -2.32. The second kappa shape index (κ2) is 9.56. The van der Waals surface area contributed by atoms with E-state index >= 15 is 0 Å². The van der Waals surface area contributed by atoms with E-state index < -0.39 is 0 Å². The van der Waals surface area contributed by atoms with E-state index in [9.17, 15) is 0 Å². The normalized spacial score (nSPS) is 10.7. The minimum Gasteiger partial charge on any atom is -0.265 e. The van der Waals surface area contributed by atoms with Crippen LogP contribution in [0.3, 0.4) is 0 Å². The molecule has 2 aromatic heterocycles. The van der Waals surface area contributed by atoms with Crippen LogP contribution in [-0.2, 0) is 6.54 Å². The molecule has 0 radical (unpaired) electrons. The van der Waals surface area contributed by atoms with Crippen LogP contribution in [0.25, 0.3) is 11.1 Å². The average Bonchev–Trinajstić information content (AvgIpc) is 2.55. The molecule has 0 aliphatic rings. The third kappa shape index (κ3) is 5.88. The highest BCUT2D eigenvalue weighted by Gasteiger charge is 2.02. The Bertz CT molecular complexity index is 496. The standard InChI is InChI=1S/C18H24N2S/c21-16-6-4-2-1-3-5-13-20-14-9-18(10-15-20)17-7-11-19-12-8-17/h7-12,14-15H,1-6,13,16H2/p+1. The van der Waals surface area contributed by atoms with Gasteiger partial charge in [-0.15, -0.1) is 0 Å². The zero-order valence-corrected chi connectivity index (χ0v) is 13.5. The van der Waals surface area contributed by atoms with E-state index in [4.69, 9.17) is 0 Å². The highest BCUT2D eigenvalue weighted by Crippen LogP contribution is 2.15. The van der Waals surface area contributed by atoms with E-state index in [1.54, 1.807) is 0 Å². The number of hydrogen-bond acceptors (Lipinski definition) is 2. The van der Waals surface area contributed by atoms with Gasteiger partial charge < -0.3 is 0 Å². The van der Waals surface area contributed by atoms with Crippen LogP contribution in [0.15, 0.2) is 49.1 Å². The van der Waals surface area contributed by atoms with Gasteiger partial charge in [-0.1, -0.05) is 19.3 Å². The summed E-state index contributed by atoms with van der Waals surface area (Å²) in [4.78, 5) is 4.06. The molecule has 2 nitrogen and oxygen atoms in total. The minimum absolute atomic E-state index is 1.03. The molecule has 0 aliphatic heterocycles. The maximum atomic E-state index is 4.24. The Morgan fingerprint density at radius 2 is 1.33 bits per heavy atom. The van der Waals surface area contributed by atoms with Crippen molar-refractivity contribution in [2.75, 3.05) is 5.75 Å². The molecular formula is C18H25N2S+. The second-order valence-corrected chi connectivity index (χ2v) is 5.85. The highest BCUT2D eigenvalue weighted by molar-refractivity contribution is 7.80. The van der Waals surface area contributed by atoms with Gasteiger partial charge in [0.1, 0.15) is 6.54 Å². The van der Waals surface area contributed by atoms with Gasteiger partial charge in [0, 0.05) is 30.9 Å². The Labute approximate surface area is 133 Å². The van der Waals surface area contributed by atoms with Crippen LogP contribution in [0.1, 0.15) is 38.5 Å². The first-order valence-corrected chi connectivity index (χ1v) is 8.54. The van der Waals surface area contributed by atoms with Crippen molar-refractivity contribution in [3.05, 3.63) is 49.1 Å². The van der Waals surface area contributed by atoms with Gasteiger partial charge in [-0.05, 0) is 41.9 Å². The third-order valence-electron chi connectivity index (χ3n) is 3.73. The monoisotopic (exact) mass is 301 g/mol. The van der Waals surface area contributed by atoms with Gasteiger partial charge in [0.15, 0.2) is 12.4 Å². The number of aryl methyl sites for hydroxylation is 1.